The molecule has 2 nitrogen and oxygen atoms in total. The van der Waals surface area contributed by atoms with E-state index in [9.17, 15) is 5.11 Å². The summed E-state index contributed by atoms with van der Waals surface area (Å²) in [6.45, 7) is 9.60. The molecule has 2 heteroatoms. The van der Waals surface area contributed by atoms with Crippen molar-refractivity contribution in [1.29, 1.82) is 0 Å². The van der Waals surface area contributed by atoms with Gasteiger partial charge in [0.1, 0.15) is 0 Å². The van der Waals surface area contributed by atoms with Crippen molar-refractivity contribution in [1.82, 2.24) is 5.32 Å². The highest BCUT2D eigenvalue weighted by Crippen LogP contribution is 2.32. The van der Waals surface area contributed by atoms with E-state index in [0.717, 1.165) is 37.3 Å². The molecule has 1 fully saturated rings. The molecule has 1 aliphatic rings. The highest BCUT2D eigenvalue weighted by atomic mass is 16.3. The van der Waals surface area contributed by atoms with Gasteiger partial charge in [-0.1, -0.05) is 19.8 Å². The summed E-state index contributed by atoms with van der Waals surface area (Å²) in [6, 6.07) is 0.721. The first kappa shape index (κ1) is 15.0. The van der Waals surface area contributed by atoms with Crippen LogP contribution in [0.2, 0.25) is 0 Å². The van der Waals surface area contributed by atoms with Gasteiger partial charge in [0.05, 0.1) is 5.60 Å². The smallest absolute Gasteiger partial charge is 0.0591 e. The summed E-state index contributed by atoms with van der Waals surface area (Å²) in [7, 11) is 0. The standard InChI is InChI=1S/C15H31NO/c1-12(6-5-10-15(3,4)17)9-11-16-13(2)14-7-8-14/h12-14,16-17H,5-11H2,1-4H3. The Balaban J connectivity index is 1.95. The van der Waals surface area contributed by atoms with Crippen molar-refractivity contribution in [2.24, 2.45) is 11.8 Å². The summed E-state index contributed by atoms with van der Waals surface area (Å²) in [5.74, 6) is 1.73. The van der Waals surface area contributed by atoms with E-state index in [0.29, 0.717) is 0 Å². The van der Waals surface area contributed by atoms with Crippen molar-refractivity contribution in [2.75, 3.05) is 6.54 Å². The zero-order chi connectivity index (χ0) is 12.9. The van der Waals surface area contributed by atoms with E-state index >= 15 is 0 Å². The van der Waals surface area contributed by atoms with Gasteiger partial charge in [-0.05, 0) is 64.8 Å². The summed E-state index contributed by atoms with van der Waals surface area (Å²) in [4.78, 5) is 0. The maximum Gasteiger partial charge on any atom is 0.0591 e. The predicted octanol–water partition coefficient (Wildman–Crippen LogP) is 3.34. The van der Waals surface area contributed by atoms with E-state index in [1.54, 1.807) is 0 Å². The Hall–Kier alpha value is -0.0800. The van der Waals surface area contributed by atoms with Gasteiger partial charge in [0.15, 0.2) is 0 Å². The van der Waals surface area contributed by atoms with Gasteiger partial charge in [0.25, 0.3) is 0 Å². The van der Waals surface area contributed by atoms with Gasteiger partial charge in [0, 0.05) is 6.04 Å². The molecule has 1 rings (SSSR count). The SMILES string of the molecule is CC(CCCC(C)(C)O)CCNC(C)C1CC1. The summed E-state index contributed by atoms with van der Waals surface area (Å²) in [5.41, 5.74) is -0.488. The van der Waals surface area contributed by atoms with E-state index < -0.39 is 5.60 Å². The normalized spacial score (nSPS) is 20.3. The van der Waals surface area contributed by atoms with Crippen LogP contribution in [0, 0.1) is 11.8 Å². The summed E-state index contributed by atoms with van der Waals surface area (Å²) in [5, 5.41) is 13.3. The Morgan fingerprint density at radius 1 is 1.24 bits per heavy atom. The van der Waals surface area contributed by atoms with Crippen LogP contribution in [-0.2, 0) is 0 Å². The molecule has 0 saturated heterocycles. The lowest BCUT2D eigenvalue weighted by Crippen LogP contribution is -2.29. The second-order valence-electron chi connectivity index (χ2n) is 6.68. The molecule has 0 spiro atoms. The Morgan fingerprint density at radius 2 is 1.88 bits per heavy atom. The first-order chi connectivity index (χ1) is 7.88. The third-order valence-corrected chi connectivity index (χ3v) is 3.92. The summed E-state index contributed by atoms with van der Waals surface area (Å²) >= 11 is 0. The Bertz CT molecular complexity index is 205. The molecule has 0 heterocycles. The van der Waals surface area contributed by atoms with Crippen molar-refractivity contribution < 1.29 is 5.11 Å². The monoisotopic (exact) mass is 241 g/mol. The third kappa shape index (κ3) is 7.77. The quantitative estimate of drug-likeness (QED) is 0.649. The van der Waals surface area contributed by atoms with Gasteiger partial charge in [0.2, 0.25) is 0 Å². The van der Waals surface area contributed by atoms with Gasteiger partial charge in [-0.25, -0.2) is 0 Å². The third-order valence-electron chi connectivity index (χ3n) is 3.92. The Labute approximate surface area is 107 Å². The van der Waals surface area contributed by atoms with E-state index in [-0.39, 0.29) is 0 Å². The van der Waals surface area contributed by atoms with Crippen LogP contribution in [0.3, 0.4) is 0 Å². The van der Waals surface area contributed by atoms with Gasteiger partial charge in [-0.2, -0.15) is 0 Å². The molecular weight excluding hydrogens is 210 g/mol. The average Bonchev–Trinajstić information content (AvgIpc) is 2.98. The van der Waals surface area contributed by atoms with Crippen LogP contribution >= 0.6 is 0 Å². The fourth-order valence-corrected chi connectivity index (χ4v) is 2.35. The lowest BCUT2D eigenvalue weighted by atomic mass is 9.95. The van der Waals surface area contributed by atoms with E-state index in [1.165, 1.54) is 25.7 Å². The second-order valence-corrected chi connectivity index (χ2v) is 6.68. The molecule has 0 aromatic carbocycles. The number of rotatable bonds is 9. The molecule has 2 N–H and O–H groups in total. The first-order valence-corrected chi connectivity index (χ1v) is 7.34. The zero-order valence-electron chi connectivity index (χ0n) is 12.1. The van der Waals surface area contributed by atoms with Crippen molar-refractivity contribution in [2.45, 2.75) is 77.9 Å². The fourth-order valence-electron chi connectivity index (χ4n) is 2.35. The maximum atomic E-state index is 9.64. The topological polar surface area (TPSA) is 32.3 Å². The van der Waals surface area contributed by atoms with Crippen LogP contribution in [0.15, 0.2) is 0 Å². The maximum absolute atomic E-state index is 9.64. The minimum atomic E-state index is -0.488. The molecule has 0 aliphatic heterocycles. The minimum Gasteiger partial charge on any atom is -0.390 e. The van der Waals surface area contributed by atoms with Gasteiger partial charge < -0.3 is 10.4 Å². The molecular formula is C15H31NO. The number of nitrogens with one attached hydrogen (secondary N) is 1. The molecule has 2 atom stereocenters. The molecule has 1 aliphatic carbocycles. The van der Waals surface area contributed by atoms with E-state index in [4.69, 9.17) is 0 Å². The van der Waals surface area contributed by atoms with Gasteiger partial charge in [-0.15, -0.1) is 0 Å². The molecule has 0 aromatic rings. The van der Waals surface area contributed by atoms with Crippen LogP contribution in [-0.4, -0.2) is 23.3 Å². The summed E-state index contributed by atoms with van der Waals surface area (Å²) < 4.78 is 0. The van der Waals surface area contributed by atoms with Gasteiger partial charge >= 0.3 is 0 Å². The molecule has 2 unspecified atom stereocenters. The molecule has 0 bridgehead atoms. The van der Waals surface area contributed by atoms with E-state index in [1.807, 2.05) is 13.8 Å². The van der Waals surface area contributed by atoms with Crippen molar-refractivity contribution in [3.8, 4) is 0 Å². The lowest BCUT2D eigenvalue weighted by Gasteiger charge is -2.19. The molecule has 0 amide bonds. The molecule has 1 saturated carbocycles. The largest absolute Gasteiger partial charge is 0.390 e. The summed E-state index contributed by atoms with van der Waals surface area (Å²) in [6.07, 6.45) is 7.42. The lowest BCUT2D eigenvalue weighted by molar-refractivity contribution is 0.0669. The number of hydrogen-bond acceptors (Lipinski definition) is 2. The van der Waals surface area contributed by atoms with Crippen molar-refractivity contribution >= 4 is 0 Å². The predicted molar refractivity (Wildman–Crippen MR) is 74.1 cm³/mol. The molecule has 0 radical (unpaired) electrons. The highest BCUT2D eigenvalue weighted by molar-refractivity contribution is 4.83. The van der Waals surface area contributed by atoms with Gasteiger partial charge in [-0.3, -0.25) is 0 Å². The van der Waals surface area contributed by atoms with Crippen molar-refractivity contribution in [3.63, 3.8) is 0 Å². The van der Waals surface area contributed by atoms with E-state index in [2.05, 4.69) is 19.2 Å². The molecule has 0 aromatic heterocycles. The highest BCUT2D eigenvalue weighted by Gasteiger charge is 2.27. The van der Waals surface area contributed by atoms with Crippen molar-refractivity contribution in [3.05, 3.63) is 0 Å². The van der Waals surface area contributed by atoms with Crippen LogP contribution in [0.1, 0.15) is 66.2 Å². The number of hydrogen-bond donors (Lipinski definition) is 2. The molecule has 17 heavy (non-hydrogen) atoms. The minimum absolute atomic E-state index is 0.488. The fraction of sp³-hybridized carbons (Fsp3) is 1.00. The second kappa shape index (κ2) is 6.75. The first-order valence-electron chi connectivity index (χ1n) is 7.34. The molecule has 102 valence electrons. The van der Waals surface area contributed by atoms with Crippen LogP contribution in [0.5, 0.6) is 0 Å². The zero-order valence-corrected chi connectivity index (χ0v) is 12.1. The van der Waals surface area contributed by atoms with Crippen LogP contribution < -0.4 is 5.32 Å². The Morgan fingerprint density at radius 3 is 2.41 bits per heavy atom. The Kier molecular flexibility index (Phi) is 5.94. The average molecular weight is 241 g/mol. The van der Waals surface area contributed by atoms with Crippen LogP contribution in [0.4, 0.5) is 0 Å². The number of aliphatic hydroxyl groups is 1. The van der Waals surface area contributed by atoms with Crippen LogP contribution in [0.25, 0.3) is 0 Å².